The number of aliphatic hydroxyl groups excluding tert-OH is 3. The van der Waals surface area contributed by atoms with Gasteiger partial charge in [0.1, 0.15) is 5.75 Å². The standard InChI is InChI=1S/C20H26N2O4/c1-26-13-2-3-17-15(9-13)14(4-6-21-17)20(25)18-8-12-5-7-22(18)10-16(12)19(24)11-23/h2-4,6,9,12,16,18-20,23-25H,5,7-8,10-11H2,1H3/t12-,16-,18+,19+,20?/m0/s1. The fraction of sp³-hybridized carbons (Fsp3) is 0.550. The molecule has 4 heterocycles. The number of fused-ring (bicyclic) bond motifs is 4. The summed E-state index contributed by atoms with van der Waals surface area (Å²) in [5.41, 5.74) is 1.71. The van der Waals surface area contributed by atoms with Gasteiger partial charge in [-0.1, -0.05) is 0 Å². The molecule has 6 nitrogen and oxygen atoms in total. The number of hydrogen-bond acceptors (Lipinski definition) is 6. The first-order valence-corrected chi connectivity index (χ1v) is 9.26. The van der Waals surface area contributed by atoms with Gasteiger partial charge in [-0.05, 0) is 55.1 Å². The maximum absolute atomic E-state index is 11.2. The molecule has 0 radical (unpaired) electrons. The Balaban J connectivity index is 1.63. The smallest absolute Gasteiger partial charge is 0.119 e. The Labute approximate surface area is 153 Å². The lowest BCUT2D eigenvalue weighted by atomic mass is 9.71. The van der Waals surface area contributed by atoms with Crippen LogP contribution in [0.15, 0.2) is 30.5 Å². The van der Waals surface area contributed by atoms with Crippen molar-refractivity contribution in [2.45, 2.75) is 31.1 Å². The van der Waals surface area contributed by atoms with Crippen molar-refractivity contribution in [3.05, 3.63) is 36.0 Å². The normalized spacial score (nSPS) is 30.3. The zero-order chi connectivity index (χ0) is 18.3. The first kappa shape index (κ1) is 17.7. The highest BCUT2D eigenvalue weighted by molar-refractivity contribution is 5.83. The van der Waals surface area contributed by atoms with Crippen molar-refractivity contribution in [2.75, 3.05) is 26.8 Å². The zero-order valence-corrected chi connectivity index (χ0v) is 15.0. The maximum atomic E-state index is 11.2. The van der Waals surface area contributed by atoms with Crippen molar-refractivity contribution in [2.24, 2.45) is 11.8 Å². The number of hydrogen-bond donors (Lipinski definition) is 3. The third-order valence-electron chi connectivity index (χ3n) is 6.20. The van der Waals surface area contributed by atoms with Gasteiger partial charge in [0.15, 0.2) is 0 Å². The largest absolute Gasteiger partial charge is 0.497 e. The Morgan fingerprint density at radius 3 is 2.85 bits per heavy atom. The van der Waals surface area contributed by atoms with Gasteiger partial charge in [-0.25, -0.2) is 0 Å². The molecule has 0 spiro atoms. The van der Waals surface area contributed by atoms with Gasteiger partial charge in [-0.2, -0.15) is 0 Å². The van der Waals surface area contributed by atoms with Crippen LogP contribution in [0.25, 0.3) is 10.9 Å². The molecule has 26 heavy (non-hydrogen) atoms. The summed E-state index contributed by atoms with van der Waals surface area (Å²) in [6.07, 6.45) is 2.28. The van der Waals surface area contributed by atoms with Crippen molar-refractivity contribution in [3.63, 3.8) is 0 Å². The van der Waals surface area contributed by atoms with Crippen LogP contribution in [0.4, 0.5) is 0 Å². The molecule has 0 saturated carbocycles. The molecule has 3 aliphatic heterocycles. The highest BCUT2D eigenvalue weighted by atomic mass is 16.5. The Morgan fingerprint density at radius 2 is 2.15 bits per heavy atom. The number of aromatic nitrogens is 1. The fourth-order valence-electron chi connectivity index (χ4n) is 4.75. The average molecular weight is 358 g/mol. The van der Waals surface area contributed by atoms with E-state index in [0.29, 0.717) is 5.92 Å². The number of ether oxygens (including phenoxy) is 1. The highest BCUT2D eigenvalue weighted by Gasteiger charge is 2.45. The van der Waals surface area contributed by atoms with Gasteiger partial charge in [-0.15, -0.1) is 0 Å². The molecule has 3 saturated heterocycles. The number of rotatable bonds is 5. The minimum absolute atomic E-state index is 0.0210. The van der Waals surface area contributed by atoms with E-state index in [1.807, 2.05) is 24.3 Å². The van der Waals surface area contributed by atoms with Crippen LogP contribution >= 0.6 is 0 Å². The van der Waals surface area contributed by atoms with E-state index < -0.39 is 12.2 Å². The molecule has 1 aromatic carbocycles. The number of benzene rings is 1. The van der Waals surface area contributed by atoms with Crippen LogP contribution in [0.1, 0.15) is 24.5 Å². The van der Waals surface area contributed by atoms with Gasteiger partial charge in [0, 0.05) is 30.1 Å². The lowest BCUT2D eigenvalue weighted by Gasteiger charge is -2.52. The van der Waals surface area contributed by atoms with E-state index in [2.05, 4.69) is 9.88 Å². The molecule has 1 aromatic heterocycles. The molecule has 140 valence electrons. The van der Waals surface area contributed by atoms with Gasteiger partial charge in [0.2, 0.25) is 0 Å². The quantitative estimate of drug-likeness (QED) is 0.748. The van der Waals surface area contributed by atoms with Crippen molar-refractivity contribution in [1.82, 2.24) is 9.88 Å². The maximum Gasteiger partial charge on any atom is 0.119 e. The molecule has 6 atom stereocenters. The second-order valence-corrected chi connectivity index (χ2v) is 7.49. The average Bonchev–Trinajstić information content (AvgIpc) is 2.71. The van der Waals surface area contributed by atoms with E-state index in [0.717, 1.165) is 48.1 Å². The fourth-order valence-corrected chi connectivity index (χ4v) is 4.75. The molecular formula is C20H26N2O4. The number of nitrogens with zero attached hydrogens (tertiary/aromatic N) is 2. The Hall–Kier alpha value is -1.73. The molecule has 0 amide bonds. The van der Waals surface area contributed by atoms with Crippen molar-refractivity contribution < 1.29 is 20.1 Å². The van der Waals surface area contributed by atoms with Crippen LogP contribution < -0.4 is 4.74 Å². The van der Waals surface area contributed by atoms with Crippen LogP contribution in [-0.2, 0) is 0 Å². The Morgan fingerprint density at radius 1 is 1.31 bits per heavy atom. The topological polar surface area (TPSA) is 86.1 Å². The van der Waals surface area contributed by atoms with Crippen LogP contribution in [-0.4, -0.2) is 64.2 Å². The van der Waals surface area contributed by atoms with Crippen molar-refractivity contribution in [3.8, 4) is 5.75 Å². The summed E-state index contributed by atoms with van der Waals surface area (Å²) < 4.78 is 5.33. The summed E-state index contributed by atoms with van der Waals surface area (Å²) in [7, 11) is 1.63. The summed E-state index contributed by atoms with van der Waals surface area (Å²) in [5, 5.41) is 31.5. The molecule has 5 rings (SSSR count). The molecule has 3 aliphatic rings. The van der Waals surface area contributed by atoms with Gasteiger partial charge in [0.05, 0.1) is 31.4 Å². The molecule has 3 N–H and O–H groups in total. The van der Waals surface area contributed by atoms with Crippen LogP contribution in [0.5, 0.6) is 5.75 Å². The SMILES string of the molecule is COc1ccc2nccc(C(O)[C@H]3C[C@@H]4CCN3C[C@@H]4[C@H](O)CO)c2c1. The number of pyridine rings is 1. The minimum atomic E-state index is -0.674. The third-order valence-corrected chi connectivity index (χ3v) is 6.20. The predicted molar refractivity (Wildman–Crippen MR) is 97.9 cm³/mol. The number of piperidine rings is 3. The van der Waals surface area contributed by atoms with Gasteiger partial charge < -0.3 is 20.1 Å². The van der Waals surface area contributed by atoms with E-state index in [-0.39, 0.29) is 18.6 Å². The summed E-state index contributed by atoms with van der Waals surface area (Å²) in [6.45, 7) is 1.45. The molecule has 6 heteroatoms. The molecule has 0 aliphatic carbocycles. The monoisotopic (exact) mass is 358 g/mol. The highest BCUT2D eigenvalue weighted by Crippen LogP contribution is 2.42. The van der Waals surface area contributed by atoms with E-state index in [9.17, 15) is 15.3 Å². The summed E-state index contributed by atoms with van der Waals surface area (Å²) in [5.74, 6) is 1.17. The van der Waals surface area contributed by atoms with E-state index in [1.54, 1.807) is 13.3 Å². The third kappa shape index (κ3) is 2.97. The summed E-state index contributed by atoms with van der Waals surface area (Å²) in [6, 6.07) is 7.61. The zero-order valence-electron chi connectivity index (χ0n) is 15.0. The lowest BCUT2D eigenvalue weighted by Crippen LogP contribution is -2.58. The molecule has 2 bridgehead atoms. The van der Waals surface area contributed by atoms with Crippen LogP contribution in [0.2, 0.25) is 0 Å². The van der Waals surface area contributed by atoms with E-state index in [1.165, 1.54) is 0 Å². The summed E-state index contributed by atoms with van der Waals surface area (Å²) in [4.78, 5) is 6.66. The first-order chi connectivity index (χ1) is 12.6. The van der Waals surface area contributed by atoms with Gasteiger partial charge >= 0.3 is 0 Å². The van der Waals surface area contributed by atoms with Crippen LogP contribution in [0.3, 0.4) is 0 Å². The van der Waals surface area contributed by atoms with E-state index >= 15 is 0 Å². The first-order valence-electron chi connectivity index (χ1n) is 9.26. The minimum Gasteiger partial charge on any atom is -0.497 e. The Kier molecular flexibility index (Phi) is 4.84. The van der Waals surface area contributed by atoms with Gasteiger partial charge in [-0.3, -0.25) is 9.88 Å². The number of aliphatic hydroxyl groups is 3. The second-order valence-electron chi connectivity index (χ2n) is 7.49. The molecule has 3 fully saturated rings. The second kappa shape index (κ2) is 7.12. The Bertz CT molecular complexity index is 783. The summed E-state index contributed by atoms with van der Waals surface area (Å²) >= 11 is 0. The molecule has 2 aromatic rings. The van der Waals surface area contributed by atoms with Crippen LogP contribution in [0, 0.1) is 11.8 Å². The van der Waals surface area contributed by atoms with E-state index in [4.69, 9.17) is 4.74 Å². The van der Waals surface area contributed by atoms with Gasteiger partial charge in [0.25, 0.3) is 0 Å². The predicted octanol–water partition coefficient (Wildman–Crippen LogP) is 1.34. The van der Waals surface area contributed by atoms with Crippen molar-refractivity contribution in [1.29, 1.82) is 0 Å². The molecular weight excluding hydrogens is 332 g/mol. The lowest BCUT2D eigenvalue weighted by molar-refractivity contribution is -0.0970. The number of methoxy groups -OCH3 is 1. The molecule has 2 unspecified atom stereocenters. The van der Waals surface area contributed by atoms with Crippen molar-refractivity contribution >= 4 is 10.9 Å².